The summed E-state index contributed by atoms with van der Waals surface area (Å²) in [6, 6.07) is -1.00. The SMILES string of the molecule is CCCCCC/C=C\CCCCCCCC(=O)NC(COC1OC(CO)C(OC2OC(CO)C(OC3OC(CO)C(O)C(O)C3O)C(O)C2O)C(O)C1O)C(O)/C=C/CC/C=C/CC/C=C/CCCCCCCCCCCCCCCCCCCCCC. The second-order valence-electron chi connectivity index (χ2n) is 25.0. The van der Waals surface area contributed by atoms with Crippen LogP contribution in [0.5, 0.6) is 0 Å². The highest BCUT2D eigenvalue weighted by Gasteiger charge is 2.53. The van der Waals surface area contributed by atoms with Gasteiger partial charge in [0.05, 0.1) is 38.6 Å². The first kappa shape index (κ1) is 80.0. The number of aliphatic hydroxyl groups is 11. The molecule has 0 aromatic rings. The Balaban J connectivity index is 1.42. The normalized spacial score (nSPS) is 28.7. The Bertz CT molecular complexity index is 1790. The molecule has 19 nitrogen and oxygen atoms in total. The predicted octanol–water partition coefficient (Wildman–Crippen LogP) is 9.00. The largest absolute Gasteiger partial charge is 0.394 e. The maximum absolute atomic E-state index is 13.3. The van der Waals surface area contributed by atoms with Gasteiger partial charge in [-0.05, 0) is 70.6 Å². The van der Waals surface area contributed by atoms with Crippen molar-refractivity contribution in [1.82, 2.24) is 5.32 Å². The minimum Gasteiger partial charge on any atom is -0.394 e. The van der Waals surface area contributed by atoms with E-state index >= 15 is 0 Å². The summed E-state index contributed by atoms with van der Waals surface area (Å²) in [6.07, 6.45) is 34.0. The van der Waals surface area contributed by atoms with Crippen LogP contribution in [0.1, 0.15) is 251 Å². The fourth-order valence-electron chi connectivity index (χ4n) is 11.6. The van der Waals surface area contributed by atoms with Crippen LogP contribution in [0.15, 0.2) is 48.6 Å². The molecule has 3 aliphatic heterocycles. The first-order valence-electron chi connectivity index (χ1n) is 34.9. The van der Waals surface area contributed by atoms with Crippen molar-refractivity contribution in [1.29, 1.82) is 0 Å². The Morgan fingerprint density at radius 1 is 0.398 bits per heavy atom. The van der Waals surface area contributed by atoms with E-state index in [9.17, 15) is 61.0 Å². The number of aliphatic hydroxyl groups excluding tert-OH is 11. The van der Waals surface area contributed by atoms with Gasteiger partial charge in [0.2, 0.25) is 5.91 Å². The standard InChI is InChI=1S/C69H125NO18/c1-3-5-7-9-11-13-15-17-18-19-20-21-22-23-24-25-26-27-28-29-30-31-32-33-35-36-38-40-42-44-46-53(74)52(70-57(75)47-45-43-41-39-37-34-16-14-12-10-8-6-4-2)51-83-67-63(81)60(78)65(55(49-72)85-67)88-69-64(82)61(79)66(56(50-73)86-69)87-68-62(80)59(77)58(76)54(48-71)84-68/h14,16,31-32,36,38,44,46,52-56,58-69,71-74,76-82H,3-13,15,17-30,33-35,37,39-43,45,47-51H2,1-2H3,(H,70,75)/b16-14-,32-31+,38-36+,46-44+. The van der Waals surface area contributed by atoms with Crippen LogP contribution in [0.4, 0.5) is 0 Å². The number of allylic oxidation sites excluding steroid dienone is 7. The zero-order valence-electron chi connectivity index (χ0n) is 54.2. The summed E-state index contributed by atoms with van der Waals surface area (Å²) in [5, 5.41) is 120. The summed E-state index contributed by atoms with van der Waals surface area (Å²) < 4.78 is 34.3. The quantitative estimate of drug-likeness (QED) is 0.0200. The van der Waals surface area contributed by atoms with Gasteiger partial charge in [-0.2, -0.15) is 0 Å². The van der Waals surface area contributed by atoms with Crippen LogP contribution < -0.4 is 5.32 Å². The van der Waals surface area contributed by atoms with Crippen LogP contribution in [0.3, 0.4) is 0 Å². The summed E-state index contributed by atoms with van der Waals surface area (Å²) in [4.78, 5) is 13.3. The van der Waals surface area contributed by atoms with E-state index in [0.29, 0.717) is 12.8 Å². The number of amides is 1. The van der Waals surface area contributed by atoms with Crippen LogP contribution in [0, 0.1) is 0 Å². The summed E-state index contributed by atoms with van der Waals surface area (Å²) in [7, 11) is 0. The lowest BCUT2D eigenvalue weighted by Crippen LogP contribution is -2.66. The highest BCUT2D eigenvalue weighted by Crippen LogP contribution is 2.33. The van der Waals surface area contributed by atoms with E-state index in [4.69, 9.17) is 28.4 Å². The number of hydrogen-bond acceptors (Lipinski definition) is 18. The summed E-state index contributed by atoms with van der Waals surface area (Å²) in [6.45, 7) is 1.69. The number of carbonyl (C=O) groups excluding carboxylic acids is 1. The minimum absolute atomic E-state index is 0.221. The van der Waals surface area contributed by atoms with Crippen molar-refractivity contribution in [3.63, 3.8) is 0 Å². The molecule has 0 aromatic carbocycles. The topological polar surface area (TPSA) is 307 Å². The smallest absolute Gasteiger partial charge is 0.220 e. The van der Waals surface area contributed by atoms with E-state index < -0.39 is 124 Å². The molecule has 0 bridgehead atoms. The lowest BCUT2D eigenvalue weighted by atomic mass is 9.96. The molecule has 12 N–H and O–H groups in total. The molecule has 3 aliphatic rings. The average Bonchev–Trinajstić information content (AvgIpc) is 1.80. The van der Waals surface area contributed by atoms with Crippen LogP contribution in [-0.4, -0.2) is 193 Å². The molecule has 0 saturated carbocycles. The molecule has 3 fully saturated rings. The third-order valence-corrected chi connectivity index (χ3v) is 17.3. The van der Waals surface area contributed by atoms with E-state index in [1.54, 1.807) is 6.08 Å². The van der Waals surface area contributed by atoms with Gasteiger partial charge < -0.3 is 89.9 Å². The highest BCUT2D eigenvalue weighted by atomic mass is 16.8. The number of hydrogen-bond donors (Lipinski definition) is 12. The van der Waals surface area contributed by atoms with Gasteiger partial charge in [0.25, 0.3) is 0 Å². The number of ether oxygens (including phenoxy) is 6. The van der Waals surface area contributed by atoms with Gasteiger partial charge in [0, 0.05) is 6.42 Å². The van der Waals surface area contributed by atoms with Gasteiger partial charge in [-0.3, -0.25) is 4.79 Å². The average molecular weight is 1260 g/mol. The first-order valence-corrected chi connectivity index (χ1v) is 34.9. The van der Waals surface area contributed by atoms with Crippen molar-refractivity contribution in [3.05, 3.63) is 48.6 Å². The predicted molar refractivity (Wildman–Crippen MR) is 342 cm³/mol. The van der Waals surface area contributed by atoms with Crippen LogP contribution in [0.25, 0.3) is 0 Å². The molecule has 17 unspecified atom stereocenters. The molecule has 19 heteroatoms. The Morgan fingerprint density at radius 2 is 0.727 bits per heavy atom. The van der Waals surface area contributed by atoms with Gasteiger partial charge in [-0.1, -0.05) is 223 Å². The zero-order chi connectivity index (χ0) is 64.0. The third kappa shape index (κ3) is 33.0. The molecule has 0 aliphatic carbocycles. The van der Waals surface area contributed by atoms with Crippen LogP contribution in [0.2, 0.25) is 0 Å². The van der Waals surface area contributed by atoms with Crippen LogP contribution >= 0.6 is 0 Å². The second kappa shape index (κ2) is 51.2. The molecule has 3 rings (SSSR count). The fraction of sp³-hybridized carbons (Fsp3) is 0.870. The summed E-state index contributed by atoms with van der Waals surface area (Å²) in [5.41, 5.74) is 0. The van der Waals surface area contributed by atoms with E-state index in [-0.39, 0.29) is 18.9 Å². The van der Waals surface area contributed by atoms with Gasteiger partial charge >= 0.3 is 0 Å². The molecule has 88 heavy (non-hydrogen) atoms. The Morgan fingerprint density at radius 3 is 1.15 bits per heavy atom. The van der Waals surface area contributed by atoms with Gasteiger partial charge in [-0.25, -0.2) is 0 Å². The number of nitrogens with one attached hydrogen (secondary N) is 1. The summed E-state index contributed by atoms with van der Waals surface area (Å²) >= 11 is 0. The maximum Gasteiger partial charge on any atom is 0.220 e. The molecule has 0 spiro atoms. The van der Waals surface area contributed by atoms with E-state index in [1.165, 1.54) is 154 Å². The molecule has 3 heterocycles. The Labute approximate surface area is 529 Å². The fourth-order valence-corrected chi connectivity index (χ4v) is 11.6. The van der Waals surface area contributed by atoms with E-state index in [2.05, 4.69) is 55.6 Å². The second-order valence-corrected chi connectivity index (χ2v) is 25.0. The van der Waals surface area contributed by atoms with E-state index in [1.807, 2.05) is 6.08 Å². The molecule has 3 saturated heterocycles. The number of rotatable bonds is 53. The lowest BCUT2D eigenvalue weighted by molar-refractivity contribution is -0.379. The van der Waals surface area contributed by atoms with E-state index in [0.717, 1.165) is 64.2 Å². The van der Waals surface area contributed by atoms with Crippen molar-refractivity contribution in [2.75, 3.05) is 26.4 Å². The summed E-state index contributed by atoms with van der Waals surface area (Å²) in [5.74, 6) is -0.299. The van der Waals surface area contributed by atoms with Gasteiger partial charge in [-0.15, -0.1) is 0 Å². The Kier molecular flexibility index (Phi) is 46.5. The number of unbranched alkanes of at least 4 members (excludes halogenated alkanes) is 31. The lowest BCUT2D eigenvalue weighted by Gasteiger charge is -2.48. The zero-order valence-corrected chi connectivity index (χ0v) is 54.2. The van der Waals surface area contributed by atoms with Gasteiger partial charge in [0.1, 0.15) is 73.2 Å². The van der Waals surface area contributed by atoms with Crippen molar-refractivity contribution in [3.8, 4) is 0 Å². The highest BCUT2D eigenvalue weighted by molar-refractivity contribution is 5.76. The molecule has 0 aromatic heterocycles. The first-order chi connectivity index (χ1) is 42.8. The monoisotopic (exact) mass is 1260 g/mol. The maximum atomic E-state index is 13.3. The van der Waals surface area contributed by atoms with Crippen molar-refractivity contribution in [2.24, 2.45) is 0 Å². The molecule has 17 atom stereocenters. The molecule has 0 radical (unpaired) electrons. The molecule has 1 amide bonds. The minimum atomic E-state index is -1.98. The van der Waals surface area contributed by atoms with Crippen molar-refractivity contribution < 1.29 is 89.4 Å². The number of carbonyl (C=O) groups is 1. The van der Waals surface area contributed by atoms with Crippen molar-refractivity contribution >= 4 is 5.91 Å². The van der Waals surface area contributed by atoms with Crippen molar-refractivity contribution in [2.45, 2.75) is 356 Å². The molecular weight excluding hydrogens is 1130 g/mol. The third-order valence-electron chi connectivity index (χ3n) is 17.3. The van der Waals surface area contributed by atoms with Gasteiger partial charge in [0.15, 0.2) is 18.9 Å². The molecular formula is C69H125NO18. The molecule has 514 valence electrons. The Hall–Kier alpha value is -2.25. The van der Waals surface area contributed by atoms with Crippen LogP contribution in [-0.2, 0) is 33.2 Å².